The van der Waals surface area contributed by atoms with Crippen LogP contribution < -0.4 is 15.5 Å². The lowest BCUT2D eigenvalue weighted by molar-refractivity contribution is -0.136. The molecular formula is C20H21N3O3. The molecule has 2 amide bonds. The number of aryl methyl sites for hydroxylation is 1. The van der Waals surface area contributed by atoms with Crippen molar-refractivity contribution in [2.24, 2.45) is 5.10 Å². The van der Waals surface area contributed by atoms with E-state index in [1.165, 1.54) is 6.21 Å². The van der Waals surface area contributed by atoms with Gasteiger partial charge in [-0.15, -0.1) is 0 Å². The normalized spacial score (nSPS) is 10.3. The van der Waals surface area contributed by atoms with Gasteiger partial charge in [0.25, 0.3) is 0 Å². The molecule has 0 atom stereocenters. The summed E-state index contributed by atoms with van der Waals surface area (Å²) in [6.45, 7) is 6.03. The molecule has 0 spiro atoms. The van der Waals surface area contributed by atoms with Gasteiger partial charge in [-0.25, -0.2) is 5.43 Å². The van der Waals surface area contributed by atoms with Crippen molar-refractivity contribution in [1.82, 2.24) is 5.43 Å². The van der Waals surface area contributed by atoms with E-state index in [1.807, 2.05) is 19.1 Å². The number of anilines is 1. The van der Waals surface area contributed by atoms with Crippen LogP contribution in [0.1, 0.15) is 18.1 Å². The molecule has 0 aromatic heterocycles. The molecule has 0 aliphatic rings. The van der Waals surface area contributed by atoms with Crippen LogP contribution in [0, 0.1) is 0 Å². The first-order chi connectivity index (χ1) is 12.6. The molecule has 2 aromatic rings. The fourth-order valence-electron chi connectivity index (χ4n) is 2.07. The molecule has 0 aliphatic heterocycles. The van der Waals surface area contributed by atoms with Crippen molar-refractivity contribution in [1.29, 1.82) is 0 Å². The number of amides is 2. The van der Waals surface area contributed by atoms with E-state index in [9.17, 15) is 9.59 Å². The van der Waals surface area contributed by atoms with Gasteiger partial charge in [0.2, 0.25) is 0 Å². The molecule has 0 fully saturated rings. The first-order valence-electron chi connectivity index (χ1n) is 8.19. The third-order valence-electron chi connectivity index (χ3n) is 3.43. The van der Waals surface area contributed by atoms with Crippen molar-refractivity contribution < 1.29 is 14.3 Å². The monoisotopic (exact) mass is 351 g/mol. The smallest absolute Gasteiger partial charge is 0.329 e. The highest BCUT2D eigenvalue weighted by molar-refractivity contribution is 6.39. The van der Waals surface area contributed by atoms with Crippen LogP contribution in [0.25, 0.3) is 0 Å². The van der Waals surface area contributed by atoms with Gasteiger partial charge in [-0.1, -0.05) is 43.8 Å². The topological polar surface area (TPSA) is 79.8 Å². The van der Waals surface area contributed by atoms with Crippen LogP contribution in [0.2, 0.25) is 0 Å². The average Bonchev–Trinajstić information content (AvgIpc) is 2.67. The Balaban J connectivity index is 1.87. The van der Waals surface area contributed by atoms with Crippen molar-refractivity contribution in [3.05, 3.63) is 72.3 Å². The zero-order valence-electron chi connectivity index (χ0n) is 14.6. The quantitative estimate of drug-likeness (QED) is 0.348. The maximum atomic E-state index is 11.9. The highest BCUT2D eigenvalue weighted by Crippen LogP contribution is 2.12. The van der Waals surface area contributed by atoms with Crippen molar-refractivity contribution in [2.45, 2.75) is 13.3 Å². The fraction of sp³-hybridized carbons (Fsp3) is 0.150. The first kappa shape index (κ1) is 18.9. The Bertz CT molecular complexity index is 798. The second-order valence-corrected chi connectivity index (χ2v) is 5.38. The van der Waals surface area contributed by atoms with Gasteiger partial charge in [-0.3, -0.25) is 9.59 Å². The van der Waals surface area contributed by atoms with Crippen LogP contribution >= 0.6 is 0 Å². The van der Waals surface area contributed by atoms with Gasteiger partial charge in [0.15, 0.2) is 0 Å². The third-order valence-corrected chi connectivity index (χ3v) is 3.43. The molecule has 6 heteroatoms. The van der Waals surface area contributed by atoms with Gasteiger partial charge >= 0.3 is 11.8 Å². The number of carbonyl (C=O) groups is 2. The Morgan fingerprint density at radius 2 is 1.92 bits per heavy atom. The fourth-order valence-corrected chi connectivity index (χ4v) is 2.07. The van der Waals surface area contributed by atoms with Crippen molar-refractivity contribution in [3.8, 4) is 5.75 Å². The Hall–Kier alpha value is -3.41. The Morgan fingerprint density at radius 1 is 1.15 bits per heavy atom. The molecule has 134 valence electrons. The first-order valence-corrected chi connectivity index (χ1v) is 8.19. The van der Waals surface area contributed by atoms with Gasteiger partial charge in [0.05, 0.1) is 6.21 Å². The summed E-state index contributed by atoms with van der Waals surface area (Å²) in [6, 6.07) is 14.5. The maximum Gasteiger partial charge on any atom is 0.329 e. The predicted octanol–water partition coefficient (Wildman–Crippen LogP) is 2.90. The van der Waals surface area contributed by atoms with E-state index in [-0.39, 0.29) is 0 Å². The van der Waals surface area contributed by atoms with E-state index in [4.69, 9.17) is 4.74 Å². The second kappa shape index (κ2) is 9.78. The maximum absolute atomic E-state index is 11.9. The molecule has 26 heavy (non-hydrogen) atoms. The summed E-state index contributed by atoms with van der Waals surface area (Å²) >= 11 is 0. The van der Waals surface area contributed by atoms with Gasteiger partial charge in [0, 0.05) is 5.69 Å². The molecule has 2 aromatic carbocycles. The Labute approximate surface area is 152 Å². The number of hydrogen-bond donors (Lipinski definition) is 2. The van der Waals surface area contributed by atoms with Crippen LogP contribution in [-0.4, -0.2) is 24.6 Å². The summed E-state index contributed by atoms with van der Waals surface area (Å²) < 4.78 is 5.41. The molecular weight excluding hydrogens is 330 g/mol. The largest absolute Gasteiger partial charge is 0.490 e. The number of carbonyl (C=O) groups excluding carboxylic acids is 2. The molecule has 0 radical (unpaired) electrons. The molecule has 0 bridgehead atoms. The molecule has 2 N–H and O–H groups in total. The highest BCUT2D eigenvalue weighted by atomic mass is 16.5. The minimum absolute atomic E-state index is 0.400. The molecule has 0 saturated heterocycles. The average molecular weight is 351 g/mol. The number of hydrazone groups is 1. The summed E-state index contributed by atoms with van der Waals surface area (Å²) in [5.41, 5.74) is 4.63. The molecule has 2 rings (SSSR count). The molecule has 6 nitrogen and oxygen atoms in total. The molecule has 0 unspecified atom stereocenters. The second-order valence-electron chi connectivity index (χ2n) is 5.38. The molecule has 0 aliphatic carbocycles. The van der Waals surface area contributed by atoms with E-state index in [0.717, 1.165) is 17.5 Å². The van der Waals surface area contributed by atoms with Crippen LogP contribution in [0.5, 0.6) is 5.75 Å². The summed E-state index contributed by atoms with van der Waals surface area (Å²) in [5.74, 6) is -0.970. The summed E-state index contributed by atoms with van der Waals surface area (Å²) in [5, 5.41) is 6.31. The van der Waals surface area contributed by atoms with E-state index in [1.54, 1.807) is 42.5 Å². The van der Waals surface area contributed by atoms with Crippen molar-refractivity contribution in [3.63, 3.8) is 0 Å². The van der Waals surface area contributed by atoms with Crippen LogP contribution in [0.3, 0.4) is 0 Å². The lowest BCUT2D eigenvalue weighted by atomic mass is 10.1. The lowest BCUT2D eigenvalue weighted by Gasteiger charge is -2.05. The summed E-state index contributed by atoms with van der Waals surface area (Å²) in [6.07, 6.45) is 3.99. The van der Waals surface area contributed by atoms with Gasteiger partial charge in [-0.05, 0) is 41.8 Å². The Morgan fingerprint density at radius 3 is 2.62 bits per heavy atom. The number of benzene rings is 2. The standard InChI is InChI=1S/C20H21N3O3/c1-3-12-26-18-7-5-6-16(13-18)14-21-23-20(25)19(24)22-17-10-8-15(4-2)9-11-17/h3,5-11,13-14H,1,4,12H2,2H3,(H,22,24)(H,23,25)/b21-14+. The zero-order chi connectivity index (χ0) is 18.8. The van der Waals surface area contributed by atoms with Gasteiger partial charge in [0.1, 0.15) is 12.4 Å². The minimum atomic E-state index is -0.847. The number of nitrogens with one attached hydrogen (secondary N) is 2. The van der Waals surface area contributed by atoms with Crippen molar-refractivity contribution in [2.75, 3.05) is 11.9 Å². The lowest BCUT2D eigenvalue weighted by Crippen LogP contribution is -2.32. The number of nitrogens with zero attached hydrogens (tertiary/aromatic N) is 1. The Kier molecular flexibility index (Phi) is 7.12. The summed E-state index contributed by atoms with van der Waals surface area (Å²) in [7, 11) is 0. The van der Waals surface area contributed by atoms with E-state index in [2.05, 4.69) is 22.4 Å². The highest BCUT2D eigenvalue weighted by Gasteiger charge is 2.12. The molecule has 0 heterocycles. The van der Waals surface area contributed by atoms with Crippen LogP contribution in [-0.2, 0) is 16.0 Å². The minimum Gasteiger partial charge on any atom is -0.490 e. The summed E-state index contributed by atoms with van der Waals surface area (Å²) in [4.78, 5) is 23.7. The SMILES string of the molecule is C=CCOc1cccc(/C=N/NC(=O)C(=O)Nc2ccc(CC)cc2)c1. The van der Waals surface area contributed by atoms with Gasteiger partial charge in [-0.2, -0.15) is 5.10 Å². The third kappa shape index (κ3) is 5.90. The van der Waals surface area contributed by atoms with E-state index in [0.29, 0.717) is 18.0 Å². The number of hydrogen-bond acceptors (Lipinski definition) is 4. The molecule has 0 saturated carbocycles. The number of ether oxygens (including phenoxy) is 1. The number of rotatable bonds is 7. The predicted molar refractivity (Wildman–Crippen MR) is 102 cm³/mol. The van der Waals surface area contributed by atoms with Crippen LogP contribution in [0.15, 0.2) is 66.3 Å². The van der Waals surface area contributed by atoms with E-state index >= 15 is 0 Å². The zero-order valence-corrected chi connectivity index (χ0v) is 14.6. The van der Waals surface area contributed by atoms with Crippen LogP contribution in [0.4, 0.5) is 5.69 Å². The van der Waals surface area contributed by atoms with Crippen molar-refractivity contribution >= 4 is 23.7 Å². The van der Waals surface area contributed by atoms with E-state index < -0.39 is 11.8 Å². The van der Waals surface area contributed by atoms with Gasteiger partial charge < -0.3 is 10.1 Å².